The van der Waals surface area contributed by atoms with E-state index in [0.717, 1.165) is 0 Å². The first-order valence-corrected chi connectivity index (χ1v) is 13.1. The van der Waals surface area contributed by atoms with Gasteiger partial charge in [-0.3, -0.25) is 9.36 Å². The molecule has 13 nitrogen and oxygen atoms in total. The van der Waals surface area contributed by atoms with E-state index < -0.39 is 62.8 Å². The normalized spacial score (nSPS) is 33.2. The van der Waals surface area contributed by atoms with Gasteiger partial charge in [0.2, 0.25) is 0 Å². The Labute approximate surface area is 206 Å². The number of hydrogen-bond acceptors (Lipinski definition) is 13. The van der Waals surface area contributed by atoms with Crippen LogP contribution in [0, 0.1) is 0 Å². The lowest BCUT2D eigenvalue weighted by Crippen LogP contribution is -2.35. The summed E-state index contributed by atoms with van der Waals surface area (Å²) in [6, 6.07) is 0. The van der Waals surface area contributed by atoms with Crippen LogP contribution in [0.4, 0.5) is 0 Å². The lowest BCUT2D eigenvalue weighted by molar-refractivity contribution is -0.189. The van der Waals surface area contributed by atoms with Gasteiger partial charge in [-0.2, -0.15) is 0 Å². The highest BCUT2D eigenvalue weighted by Crippen LogP contribution is 2.47. The molecule has 2 heterocycles. The largest absolute Gasteiger partial charge is 0.463 e. The van der Waals surface area contributed by atoms with E-state index in [1.807, 2.05) is 0 Å². The first-order valence-electron chi connectivity index (χ1n) is 11.4. The van der Waals surface area contributed by atoms with Crippen molar-refractivity contribution < 1.29 is 62.5 Å². The van der Waals surface area contributed by atoms with E-state index in [1.165, 1.54) is 21.1 Å². The molecular formula is C21H41O13P. The lowest BCUT2D eigenvalue weighted by atomic mass is 10.1. The van der Waals surface area contributed by atoms with Crippen molar-refractivity contribution >= 4 is 13.6 Å². The first kappa shape index (κ1) is 32.3. The van der Waals surface area contributed by atoms with Crippen molar-refractivity contribution in [3.63, 3.8) is 0 Å². The maximum absolute atomic E-state index is 11.9. The van der Waals surface area contributed by atoms with E-state index >= 15 is 0 Å². The Morgan fingerprint density at radius 1 is 0.829 bits per heavy atom. The van der Waals surface area contributed by atoms with Crippen molar-refractivity contribution in [3.8, 4) is 0 Å². The van der Waals surface area contributed by atoms with Gasteiger partial charge in [-0.05, 0) is 34.1 Å². The van der Waals surface area contributed by atoms with Gasteiger partial charge in [0.1, 0.15) is 37.1 Å². The van der Waals surface area contributed by atoms with Crippen LogP contribution in [0.15, 0.2) is 0 Å². The van der Waals surface area contributed by atoms with Gasteiger partial charge in [-0.15, -0.1) is 0 Å². The van der Waals surface area contributed by atoms with Crippen LogP contribution >= 0.6 is 7.60 Å². The minimum absolute atomic E-state index is 0.0918. The molecule has 0 saturated carbocycles. The summed E-state index contributed by atoms with van der Waals surface area (Å²) in [5.74, 6) is -0.460. The second-order valence-electron chi connectivity index (χ2n) is 8.71. The highest BCUT2D eigenvalue weighted by atomic mass is 31.2. The third kappa shape index (κ3) is 10.3. The van der Waals surface area contributed by atoms with E-state index in [0.29, 0.717) is 0 Å². The van der Waals surface area contributed by atoms with Crippen LogP contribution in [-0.2, 0) is 42.1 Å². The summed E-state index contributed by atoms with van der Waals surface area (Å²) < 4.78 is 47.5. The zero-order valence-electron chi connectivity index (χ0n) is 21.3. The molecule has 0 aromatic rings. The van der Waals surface area contributed by atoms with Gasteiger partial charge in [0, 0.05) is 21.1 Å². The second kappa shape index (κ2) is 14.9. The molecule has 2 saturated heterocycles. The topological polar surface area (TPSA) is 180 Å². The number of ether oxygens (including phenoxy) is 5. The fourth-order valence-electron chi connectivity index (χ4n) is 3.31. The van der Waals surface area contributed by atoms with Gasteiger partial charge in [-0.1, -0.05) is 0 Å². The molecule has 0 bridgehead atoms. The van der Waals surface area contributed by atoms with Crippen LogP contribution in [0.25, 0.3) is 0 Å². The minimum atomic E-state index is -3.14. The molecule has 2 aliphatic rings. The Kier molecular flexibility index (Phi) is 13.8. The van der Waals surface area contributed by atoms with E-state index in [9.17, 15) is 29.8 Å². The highest BCUT2D eigenvalue weighted by molar-refractivity contribution is 7.53. The Morgan fingerprint density at radius 2 is 1.26 bits per heavy atom. The van der Waals surface area contributed by atoms with Gasteiger partial charge in [0.25, 0.3) is 0 Å². The molecule has 4 N–H and O–H groups in total. The van der Waals surface area contributed by atoms with Crippen molar-refractivity contribution in [2.24, 2.45) is 0 Å². The smallest absolute Gasteiger partial charge is 0.330 e. The third-order valence-corrected chi connectivity index (χ3v) is 7.06. The Hall–Kier alpha value is -0.700. The summed E-state index contributed by atoms with van der Waals surface area (Å²) in [6.07, 6.45) is -7.49. The van der Waals surface area contributed by atoms with Crippen LogP contribution in [0.2, 0.25) is 0 Å². The van der Waals surface area contributed by atoms with Crippen LogP contribution in [0.5, 0.6) is 0 Å². The molecule has 35 heavy (non-hydrogen) atoms. The summed E-state index contributed by atoms with van der Waals surface area (Å²) in [5.41, 5.74) is 0. The molecule has 0 aromatic heterocycles. The molecule has 0 amide bonds. The summed E-state index contributed by atoms with van der Waals surface area (Å²) in [7, 11) is -0.538. The number of carbonyl (C=O) groups excluding carboxylic acids is 1. The van der Waals surface area contributed by atoms with Crippen molar-refractivity contribution in [2.45, 2.75) is 102 Å². The fraction of sp³-hybridized carbons (Fsp3) is 0.952. The third-order valence-electron chi connectivity index (χ3n) is 5.14. The maximum atomic E-state index is 11.9. The van der Waals surface area contributed by atoms with E-state index in [2.05, 4.69) is 0 Å². The number of esters is 1. The minimum Gasteiger partial charge on any atom is -0.463 e. The quantitative estimate of drug-likeness (QED) is 0.209. The summed E-state index contributed by atoms with van der Waals surface area (Å²) >= 11 is 0. The standard InChI is InChI=1S/C11H23O7P.C10H18O6/c1-7(2)17-11-10(13)9(12)8(18-11)5-6-19(14,15-3)16-4;1-5(2)15-10-9(13)8(12)7(16-10)4-14-6(3)11/h7-13H,5-6H2,1-4H3;5,7-10,12-13H,4H2,1-3H3/t8-,9-,10-,11-;7-,8-,9-,10-/m11/s1. The summed E-state index contributed by atoms with van der Waals surface area (Å²) in [5, 5.41) is 38.9. The Morgan fingerprint density at radius 3 is 1.66 bits per heavy atom. The number of carbonyl (C=O) groups is 1. The number of rotatable bonds is 11. The van der Waals surface area contributed by atoms with E-state index in [4.69, 9.17) is 32.7 Å². The van der Waals surface area contributed by atoms with Crippen molar-refractivity contribution in [3.05, 3.63) is 0 Å². The molecule has 0 spiro atoms. The molecule has 208 valence electrons. The number of hydrogen-bond donors (Lipinski definition) is 4. The zero-order valence-corrected chi connectivity index (χ0v) is 22.2. The van der Waals surface area contributed by atoms with Gasteiger partial charge in [0.15, 0.2) is 12.6 Å². The molecule has 2 fully saturated rings. The van der Waals surface area contributed by atoms with Gasteiger partial charge in [0.05, 0.1) is 24.5 Å². The van der Waals surface area contributed by atoms with Crippen LogP contribution in [0.1, 0.15) is 41.0 Å². The Balaban J connectivity index is 0.000000355. The van der Waals surface area contributed by atoms with Gasteiger partial charge >= 0.3 is 13.6 Å². The molecule has 0 radical (unpaired) electrons. The molecule has 0 unspecified atom stereocenters. The monoisotopic (exact) mass is 532 g/mol. The van der Waals surface area contributed by atoms with Crippen molar-refractivity contribution in [1.82, 2.24) is 0 Å². The Bertz CT molecular complexity index is 668. The average Bonchev–Trinajstić information content (AvgIpc) is 3.20. The molecule has 2 rings (SSSR count). The fourth-order valence-corrected chi connectivity index (χ4v) is 4.39. The molecular weight excluding hydrogens is 491 g/mol. The SMILES string of the molecule is CC(=O)OC[C@H]1O[C@@H](OC(C)C)[C@H](O)[C@@H]1O.COP(=O)(CC[C@H]1O[C@@H](OC(C)C)[C@H](O)[C@@H]1O)OC. The lowest BCUT2D eigenvalue weighted by Gasteiger charge is -2.18. The summed E-state index contributed by atoms with van der Waals surface area (Å²) in [4.78, 5) is 10.6. The molecule has 0 aliphatic carbocycles. The summed E-state index contributed by atoms with van der Waals surface area (Å²) in [6.45, 7) is 8.37. The first-order chi connectivity index (χ1) is 16.2. The number of aliphatic hydroxyl groups excluding tert-OH is 4. The average molecular weight is 533 g/mol. The second-order valence-corrected chi connectivity index (χ2v) is 11.1. The van der Waals surface area contributed by atoms with Crippen LogP contribution in [0.3, 0.4) is 0 Å². The predicted octanol–water partition coefficient (Wildman–Crippen LogP) is 0.155. The molecule has 14 heteroatoms. The van der Waals surface area contributed by atoms with Crippen molar-refractivity contribution in [1.29, 1.82) is 0 Å². The molecule has 8 atom stereocenters. The van der Waals surface area contributed by atoms with Gasteiger partial charge < -0.3 is 53.2 Å². The highest BCUT2D eigenvalue weighted by Gasteiger charge is 2.45. The maximum Gasteiger partial charge on any atom is 0.330 e. The molecule has 0 aromatic carbocycles. The number of aliphatic hydroxyl groups is 4. The zero-order chi connectivity index (χ0) is 26.9. The van der Waals surface area contributed by atoms with E-state index in [-0.39, 0.29) is 31.4 Å². The van der Waals surface area contributed by atoms with Crippen LogP contribution in [-0.4, -0.2) is 115 Å². The predicted molar refractivity (Wildman–Crippen MR) is 122 cm³/mol. The van der Waals surface area contributed by atoms with Crippen LogP contribution < -0.4 is 0 Å². The molecule has 2 aliphatic heterocycles. The van der Waals surface area contributed by atoms with Gasteiger partial charge in [-0.25, -0.2) is 0 Å². The van der Waals surface area contributed by atoms with E-state index in [1.54, 1.807) is 27.7 Å². The van der Waals surface area contributed by atoms with Crippen molar-refractivity contribution in [2.75, 3.05) is 27.0 Å².